The number of nitrogen functional groups attached to an aromatic ring is 1. The molecule has 3 N–H and O–H groups in total. The van der Waals surface area contributed by atoms with Crippen LogP contribution in [0.4, 0.5) is 11.5 Å². The molecule has 0 aliphatic carbocycles. The summed E-state index contributed by atoms with van der Waals surface area (Å²) in [6.07, 6.45) is 1.54. The molecule has 1 heterocycles. The van der Waals surface area contributed by atoms with Crippen molar-refractivity contribution in [3.63, 3.8) is 0 Å². The van der Waals surface area contributed by atoms with E-state index in [2.05, 4.69) is 25.6 Å². The Hall–Kier alpha value is -1.31. The Labute approximate surface area is 136 Å². The van der Waals surface area contributed by atoms with Crippen LogP contribution in [0.3, 0.4) is 0 Å². The number of nitrogens with two attached hydrogens (primary N) is 1. The zero-order valence-corrected chi connectivity index (χ0v) is 14.5. The van der Waals surface area contributed by atoms with E-state index in [1.54, 1.807) is 13.0 Å². The van der Waals surface area contributed by atoms with E-state index in [1.165, 1.54) is 18.3 Å². The maximum Gasteiger partial charge on any atom is 0.263 e. The third-order valence-corrected chi connectivity index (χ3v) is 5.52. The largest absolute Gasteiger partial charge is 0.397 e. The van der Waals surface area contributed by atoms with Gasteiger partial charge in [-0.1, -0.05) is 11.6 Å². The van der Waals surface area contributed by atoms with Crippen molar-refractivity contribution >= 4 is 49.1 Å². The van der Waals surface area contributed by atoms with Crippen LogP contribution in [-0.4, -0.2) is 13.4 Å². The molecule has 0 bridgehead atoms. The Balaban J connectivity index is 2.43. The van der Waals surface area contributed by atoms with Gasteiger partial charge in [-0.25, -0.2) is 13.4 Å². The van der Waals surface area contributed by atoms with E-state index < -0.39 is 10.0 Å². The lowest BCUT2D eigenvalue weighted by molar-refractivity contribution is 0.600. The summed E-state index contributed by atoms with van der Waals surface area (Å²) in [7, 11) is -3.78. The van der Waals surface area contributed by atoms with Gasteiger partial charge < -0.3 is 5.73 Å². The van der Waals surface area contributed by atoms with Crippen LogP contribution in [0.5, 0.6) is 0 Å². The molecule has 0 fully saturated rings. The first-order chi connectivity index (χ1) is 9.70. The average molecular weight is 391 g/mol. The van der Waals surface area contributed by atoms with Gasteiger partial charge in [-0.05, 0) is 59.1 Å². The first-order valence-corrected chi connectivity index (χ1v) is 8.56. The minimum Gasteiger partial charge on any atom is -0.397 e. The Bertz CT molecular complexity index is 809. The first-order valence-electron chi connectivity index (χ1n) is 5.91. The van der Waals surface area contributed by atoms with Crippen molar-refractivity contribution in [2.24, 2.45) is 0 Å². The van der Waals surface area contributed by atoms with E-state index in [-0.39, 0.29) is 16.4 Å². The summed E-state index contributed by atoms with van der Waals surface area (Å²) in [6.45, 7) is 3.50. The molecule has 0 saturated carbocycles. The van der Waals surface area contributed by atoms with Crippen LogP contribution < -0.4 is 10.5 Å². The fourth-order valence-corrected chi connectivity index (χ4v) is 3.44. The van der Waals surface area contributed by atoms with E-state index >= 15 is 0 Å². The summed E-state index contributed by atoms with van der Waals surface area (Å²) in [5.41, 5.74) is 7.27. The molecular formula is C13H13BrClN3O2S. The summed E-state index contributed by atoms with van der Waals surface area (Å²) in [6, 6.07) is 4.49. The van der Waals surface area contributed by atoms with Crippen molar-refractivity contribution in [3.05, 3.63) is 45.0 Å². The van der Waals surface area contributed by atoms with Crippen molar-refractivity contribution in [2.45, 2.75) is 18.7 Å². The first kappa shape index (κ1) is 16.1. The van der Waals surface area contributed by atoms with Crippen molar-refractivity contribution in [3.8, 4) is 0 Å². The number of aromatic nitrogens is 1. The number of halogens is 2. The van der Waals surface area contributed by atoms with E-state index in [0.29, 0.717) is 10.6 Å². The third kappa shape index (κ3) is 3.48. The van der Waals surface area contributed by atoms with Crippen molar-refractivity contribution in [1.82, 2.24) is 4.98 Å². The lowest BCUT2D eigenvalue weighted by Gasteiger charge is -2.12. The number of sulfonamides is 1. The number of aryl methyl sites for hydroxylation is 2. The molecule has 0 aliphatic rings. The highest BCUT2D eigenvalue weighted by Gasteiger charge is 2.19. The highest BCUT2D eigenvalue weighted by Crippen LogP contribution is 2.27. The molecule has 21 heavy (non-hydrogen) atoms. The number of nitrogens with zero attached hydrogens (tertiary/aromatic N) is 1. The molecule has 1 aromatic heterocycles. The Morgan fingerprint density at radius 2 is 1.90 bits per heavy atom. The van der Waals surface area contributed by atoms with Gasteiger partial charge in [0.25, 0.3) is 10.0 Å². The highest BCUT2D eigenvalue weighted by atomic mass is 79.9. The lowest BCUT2D eigenvalue weighted by Crippen LogP contribution is -2.15. The predicted molar refractivity (Wildman–Crippen MR) is 88.1 cm³/mol. The van der Waals surface area contributed by atoms with E-state index in [1.807, 2.05) is 6.92 Å². The maximum atomic E-state index is 12.4. The van der Waals surface area contributed by atoms with Crippen LogP contribution in [0.15, 0.2) is 33.8 Å². The summed E-state index contributed by atoms with van der Waals surface area (Å²) in [5, 5.41) is 0.323. The van der Waals surface area contributed by atoms with Gasteiger partial charge in [0, 0.05) is 10.7 Å². The normalized spacial score (nSPS) is 11.4. The molecule has 8 heteroatoms. The van der Waals surface area contributed by atoms with Gasteiger partial charge in [-0.15, -0.1) is 0 Å². The monoisotopic (exact) mass is 389 g/mol. The van der Waals surface area contributed by atoms with Gasteiger partial charge in [0.2, 0.25) is 0 Å². The van der Waals surface area contributed by atoms with Gasteiger partial charge in [0.05, 0.1) is 15.6 Å². The fourth-order valence-electron chi connectivity index (χ4n) is 1.75. The maximum absolute atomic E-state index is 12.4. The number of nitrogens with one attached hydrogen (secondary N) is 1. The Kier molecular flexibility index (Phi) is 4.46. The van der Waals surface area contributed by atoms with Crippen LogP contribution in [-0.2, 0) is 10.0 Å². The predicted octanol–water partition coefficient (Wildman–Crippen LogP) is 3.50. The number of rotatable bonds is 3. The average Bonchev–Trinajstić information content (AvgIpc) is 2.37. The highest BCUT2D eigenvalue weighted by molar-refractivity contribution is 9.10. The Morgan fingerprint density at radius 3 is 2.52 bits per heavy atom. The van der Waals surface area contributed by atoms with Crippen LogP contribution in [0.2, 0.25) is 5.02 Å². The summed E-state index contributed by atoms with van der Waals surface area (Å²) >= 11 is 9.19. The topological polar surface area (TPSA) is 85.1 Å². The quantitative estimate of drug-likeness (QED) is 0.786. The molecule has 0 unspecified atom stereocenters. The molecule has 2 rings (SSSR count). The summed E-state index contributed by atoms with van der Waals surface area (Å²) < 4.78 is 28.1. The van der Waals surface area contributed by atoms with Crippen LogP contribution >= 0.6 is 27.5 Å². The van der Waals surface area contributed by atoms with Crippen LogP contribution in [0, 0.1) is 13.8 Å². The molecule has 0 aliphatic heterocycles. The fraction of sp³-hybridized carbons (Fsp3) is 0.154. The van der Waals surface area contributed by atoms with Gasteiger partial charge in [-0.2, -0.15) is 0 Å². The van der Waals surface area contributed by atoms with Crippen LogP contribution in [0.1, 0.15) is 11.1 Å². The van der Waals surface area contributed by atoms with Crippen molar-refractivity contribution in [1.29, 1.82) is 0 Å². The molecule has 0 saturated heterocycles. The minimum absolute atomic E-state index is 0.0757. The summed E-state index contributed by atoms with van der Waals surface area (Å²) in [5.74, 6) is 0.239. The Morgan fingerprint density at radius 1 is 1.24 bits per heavy atom. The van der Waals surface area contributed by atoms with Gasteiger partial charge in [-0.3, -0.25) is 4.72 Å². The zero-order valence-electron chi connectivity index (χ0n) is 11.3. The molecule has 0 spiro atoms. The van der Waals surface area contributed by atoms with Crippen molar-refractivity contribution in [2.75, 3.05) is 10.5 Å². The molecule has 112 valence electrons. The molecule has 2 aromatic rings. The second-order valence-electron chi connectivity index (χ2n) is 4.56. The minimum atomic E-state index is -3.78. The molecular weight excluding hydrogens is 378 g/mol. The lowest BCUT2D eigenvalue weighted by atomic mass is 10.2. The summed E-state index contributed by atoms with van der Waals surface area (Å²) in [4.78, 5) is 4.10. The molecule has 5 nitrogen and oxygen atoms in total. The standard InChI is InChI=1S/C13H13BrClN3O2S/c1-7-4-13(17-6-9(7)14)18-21(19,20)12-5-11(16)10(15)3-8(12)2/h3-6H,16H2,1-2H3,(H,17,18). The van der Waals surface area contributed by atoms with E-state index in [0.717, 1.165) is 10.0 Å². The second kappa shape index (κ2) is 5.82. The number of pyridine rings is 1. The number of hydrogen-bond acceptors (Lipinski definition) is 4. The van der Waals surface area contributed by atoms with Gasteiger partial charge in [0.1, 0.15) is 5.82 Å². The molecule has 0 atom stereocenters. The number of benzene rings is 1. The van der Waals surface area contributed by atoms with Gasteiger partial charge in [0.15, 0.2) is 0 Å². The van der Waals surface area contributed by atoms with Crippen LogP contribution in [0.25, 0.3) is 0 Å². The second-order valence-corrected chi connectivity index (χ2v) is 7.48. The number of anilines is 2. The van der Waals surface area contributed by atoms with Crippen molar-refractivity contribution < 1.29 is 8.42 Å². The van der Waals surface area contributed by atoms with E-state index in [9.17, 15) is 8.42 Å². The SMILES string of the molecule is Cc1cc(NS(=O)(=O)c2cc(N)c(Cl)cc2C)ncc1Br. The third-order valence-electron chi connectivity index (χ3n) is 2.87. The molecule has 1 aromatic carbocycles. The zero-order chi connectivity index (χ0) is 15.8. The molecule has 0 radical (unpaired) electrons. The smallest absolute Gasteiger partial charge is 0.263 e. The molecule has 0 amide bonds. The van der Waals surface area contributed by atoms with E-state index in [4.69, 9.17) is 17.3 Å². The number of hydrogen-bond donors (Lipinski definition) is 2. The van der Waals surface area contributed by atoms with Gasteiger partial charge >= 0.3 is 0 Å².